The van der Waals surface area contributed by atoms with E-state index in [-0.39, 0.29) is 12.0 Å². The Morgan fingerprint density at radius 2 is 2.13 bits per heavy atom. The molecule has 0 spiro atoms. The Hall–Kier alpha value is -1.27. The highest BCUT2D eigenvalue weighted by molar-refractivity contribution is 5.85. The molecule has 6 nitrogen and oxygen atoms in total. The molecule has 23 heavy (non-hydrogen) atoms. The molecule has 3 N–H and O–H groups in total. The number of rotatable bonds is 9. The number of nitrogens with zero attached hydrogens (tertiary/aromatic N) is 3. The highest BCUT2D eigenvalue weighted by Crippen LogP contribution is 2.24. The van der Waals surface area contributed by atoms with E-state index in [9.17, 15) is 4.79 Å². The second-order valence-corrected chi connectivity index (χ2v) is 7.01. The molecule has 0 unspecified atom stereocenters. The molecule has 0 amide bonds. The summed E-state index contributed by atoms with van der Waals surface area (Å²) >= 11 is 0. The summed E-state index contributed by atoms with van der Waals surface area (Å²) in [6, 6.07) is -0.182. The molecular weight excluding hydrogens is 290 g/mol. The number of nitrogens with two attached hydrogens (primary N) is 1. The van der Waals surface area contributed by atoms with Crippen LogP contribution in [0.25, 0.3) is 0 Å². The lowest BCUT2D eigenvalue weighted by molar-refractivity contribution is -0.127. The number of carbonyl (C=O) groups excluding carboxylic acids is 1. The van der Waals surface area contributed by atoms with E-state index in [2.05, 4.69) is 29.5 Å². The zero-order valence-corrected chi connectivity index (χ0v) is 14.5. The van der Waals surface area contributed by atoms with Crippen LogP contribution in [0.2, 0.25) is 0 Å². The molecule has 1 aliphatic heterocycles. The van der Waals surface area contributed by atoms with Gasteiger partial charge in [-0.15, -0.1) is 5.10 Å². The lowest BCUT2D eigenvalue weighted by atomic mass is 9.88. The van der Waals surface area contributed by atoms with Gasteiger partial charge in [-0.25, -0.2) is 4.68 Å². The van der Waals surface area contributed by atoms with Crippen molar-refractivity contribution in [2.45, 2.75) is 58.4 Å². The van der Waals surface area contributed by atoms with Gasteiger partial charge < -0.3 is 11.1 Å². The van der Waals surface area contributed by atoms with Crippen molar-refractivity contribution in [1.82, 2.24) is 20.3 Å². The summed E-state index contributed by atoms with van der Waals surface area (Å²) in [6.07, 6.45) is 7.44. The normalized spacial score (nSPS) is 17.6. The minimum Gasteiger partial charge on any atom is -0.330 e. The zero-order chi connectivity index (χ0) is 16.7. The summed E-state index contributed by atoms with van der Waals surface area (Å²) in [5, 5.41) is 11.8. The van der Waals surface area contributed by atoms with Gasteiger partial charge in [0.15, 0.2) is 5.78 Å². The second kappa shape index (κ2) is 9.13. The predicted octanol–water partition coefficient (Wildman–Crippen LogP) is 1.72. The van der Waals surface area contributed by atoms with Crippen LogP contribution in [0.3, 0.4) is 0 Å². The second-order valence-electron chi connectivity index (χ2n) is 7.01. The molecule has 1 fully saturated rings. The maximum absolute atomic E-state index is 13.0. The highest BCUT2D eigenvalue weighted by atomic mass is 16.1. The monoisotopic (exact) mass is 321 g/mol. The Morgan fingerprint density at radius 3 is 2.78 bits per heavy atom. The van der Waals surface area contributed by atoms with E-state index in [1.807, 2.05) is 6.20 Å². The van der Waals surface area contributed by atoms with Gasteiger partial charge in [0.25, 0.3) is 0 Å². The number of nitrogens with one attached hydrogen (secondary N) is 1. The minimum absolute atomic E-state index is 0.150. The fourth-order valence-corrected chi connectivity index (χ4v) is 3.24. The highest BCUT2D eigenvalue weighted by Gasteiger charge is 2.29. The van der Waals surface area contributed by atoms with Gasteiger partial charge in [0, 0.05) is 12.1 Å². The van der Waals surface area contributed by atoms with Crippen molar-refractivity contribution in [3.8, 4) is 0 Å². The van der Waals surface area contributed by atoms with E-state index < -0.39 is 0 Å². The molecule has 130 valence electrons. The largest absolute Gasteiger partial charge is 0.330 e. The summed E-state index contributed by atoms with van der Waals surface area (Å²) in [5.41, 5.74) is 6.58. The van der Waals surface area contributed by atoms with Crippen molar-refractivity contribution in [3.05, 3.63) is 11.9 Å². The van der Waals surface area contributed by atoms with Crippen molar-refractivity contribution in [2.24, 2.45) is 17.6 Å². The Morgan fingerprint density at radius 1 is 1.39 bits per heavy atom. The summed E-state index contributed by atoms with van der Waals surface area (Å²) in [4.78, 5) is 13.0. The van der Waals surface area contributed by atoms with Crippen molar-refractivity contribution in [2.75, 3.05) is 19.6 Å². The summed E-state index contributed by atoms with van der Waals surface area (Å²) in [5.74, 6) is 1.01. The molecule has 1 saturated heterocycles. The maximum atomic E-state index is 13.0. The van der Waals surface area contributed by atoms with Gasteiger partial charge in [-0.05, 0) is 64.1 Å². The van der Waals surface area contributed by atoms with Crippen LogP contribution in [0.1, 0.15) is 57.7 Å². The molecule has 2 heterocycles. The van der Waals surface area contributed by atoms with E-state index in [1.54, 1.807) is 4.68 Å². The summed E-state index contributed by atoms with van der Waals surface area (Å²) < 4.78 is 1.80. The average Bonchev–Trinajstić information content (AvgIpc) is 2.99. The van der Waals surface area contributed by atoms with Crippen LogP contribution in [-0.4, -0.2) is 40.4 Å². The summed E-state index contributed by atoms with van der Waals surface area (Å²) in [7, 11) is 0. The first-order valence-electron chi connectivity index (χ1n) is 8.97. The number of carbonyl (C=O) groups is 1. The van der Waals surface area contributed by atoms with Crippen LogP contribution >= 0.6 is 0 Å². The van der Waals surface area contributed by atoms with Gasteiger partial charge in [-0.2, -0.15) is 0 Å². The third-order valence-corrected chi connectivity index (χ3v) is 4.50. The van der Waals surface area contributed by atoms with Gasteiger partial charge in [0.05, 0.1) is 5.69 Å². The first-order valence-corrected chi connectivity index (χ1v) is 8.97. The van der Waals surface area contributed by atoms with Gasteiger partial charge in [0.1, 0.15) is 6.04 Å². The smallest absolute Gasteiger partial charge is 0.160 e. The van der Waals surface area contributed by atoms with E-state index in [1.165, 1.54) is 0 Å². The fourth-order valence-electron chi connectivity index (χ4n) is 3.24. The number of aromatic nitrogens is 3. The number of piperidine rings is 1. The molecule has 0 bridgehead atoms. The van der Waals surface area contributed by atoms with Crippen molar-refractivity contribution in [3.63, 3.8) is 0 Å². The van der Waals surface area contributed by atoms with Crippen LogP contribution < -0.4 is 11.1 Å². The number of hydrogen-bond acceptors (Lipinski definition) is 5. The van der Waals surface area contributed by atoms with Crippen LogP contribution in [-0.2, 0) is 11.2 Å². The van der Waals surface area contributed by atoms with Gasteiger partial charge in [0.2, 0.25) is 0 Å². The van der Waals surface area contributed by atoms with Crippen LogP contribution in [0.5, 0.6) is 0 Å². The average molecular weight is 321 g/mol. The Kier molecular flexibility index (Phi) is 7.17. The topological polar surface area (TPSA) is 85.8 Å². The van der Waals surface area contributed by atoms with Gasteiger partial charge in [-0.3, -0.25) is 4.79 Å². The predicted molar refractivity (Wildman–Crippen MR) is 91.1 cm³/mol. The van der Waals surface area contributed by atoms with Crippen LogP contribution in [0.15, 0.2) is 6.20 Å². The Labute approximate surface area is 139 Å². The fraction of sp³-hybridized carbons (Fsp3) is 0.824. The molecule has 1 aromatic rings. The van der Waals surface area contributed by atoms with E-state index in [0.29, 0.717) is 18.2 Å². The van der Waals surface area contributed by atoms with E-state index >= 15 is 0 Å². The molecule has 0 aromatic carbocycles. The first kappa shape index (κ1) is 18.1. The van der Waals surface area contributed by atoms with Crippen molar-refractivity contribution in [1.29, 1.82) is 0 Å². The van der Waals surface area contributed by atoms with Crippen molar-refractivity contribution < 1.29 is 4.79 Å². The molecule has 0 radical (unpaired) electrons. The molecule has 1 aromatic heterocycles. The quantitative estimate of drug-likeness (QED) is 0.676. The molecular formula is C17H31N5O. The van der Waals surface area contributed by atoms with Crippen LogP contribution in [0, 0.1) is 11.8 Å². The molecule has 0 saturated carbocycles. The van der Waals surface area contributed by atoms with Crippen molar-refractivity contribution >= 4 is 5.78 Å². The minimum atomic E-state index is -0.182. The van der Waals surface area contributed by atoms with Gasteiger partial charge in [-0.1, -0.05) is 19.1 Å². The maximum Gasteiger partial charge on any atom is 0.160 e. The zero-order valence-electron chi connectivity index (χ0n) is 14.5. The molecule has 2 rings (SSSR count). The van der Waals surface area contributed by atoms with E-state index in [4.69, 9.17) is 5.73 Å². The Balaban J connectivity index is 2.08. The van der Waals surface area contributed by atoms with Crippen LogP contribution in [0.4, 0.5) is 0 Å². The molecule has 6 heteroatoms. The molecule has 1 aliphatic rings. The SMILES string of the molecule is CC(C)Cc1cn([C@@H](CCCCN)C(=O)C2CCNCC2)nn1. The number of Topliss-reactive ketones (excluding diaryl/α,β-unsaturated/α-hetero) is 1. The first-order chi connectivity index (χ1) is 11.1. The third-order valence-electron chi connectivity index (χ3n) is 4.50. The molecule has 0 aliphatic carbocycles. The number of hydrogen-bond donors (Lipinski definition) is 2. The number of ketones is 1. The lowest BCUT2D eigenvalue weighted by Crippen LogP contribution is -2.35. The standard InChI is InChI=1S/C17H31N5O/c1-13(2)11-15-12-22(21-20-15)16(5-3-4-8-18)17(23)14-6-9-19-10-7-14/h12-14,16,19H,3-11,18H2,1-2H3/t16-/m0/s1. The lowest BCUT2D eigenvalue weighted by Gasteiger charge is -2.26. The van der Waals surface area contributed by atoms with Gasteiger partial charge >= 0.3 is 0 Å². The number of unbranched alkanes of at least 4 members (excludes halogenated alkanes) is 1. The molecule has 1 atom stereocenters. The Bertz CT molecular complexity index is 479. The van der Waals surface area contributed by atoms with E-state index in [0.717, 1.165) is 57.3 Å². The summed E-state index contributed by atoms with van der Waals surface area (Å²) in [6.45, 7) is 6.86. The third kappa shape index (κ3) is 5.39.